The summed E-state index contributed by atoms with van der Waals surface area (Å²) in [6.07, 6.45) is 0. The van der Waals surface area contributed by atoms with Crippen molar-refractivity contribution in [3.05, 3.63) is 96.1 Å². The molecule has 0 saturated carbocycles. The zero-order valence-corrected chi connectivity index (χ0v) is 23.4. The van der Waals surface area contributed by atoms with Crippen molar-refractivity contribution in [1.82, 2.24) is 9.34 Å². The Labute approximate surface area is 230 Å². The number of hydrogen-bond donors (Lipinski definition) is 0. The summed E-state index contributed by atoms with van der Waals surface area (Å²) in [5.74, 6) is -0.923. The van der Waals surface area contributed by atoms with E-state index < -0.39 is 27.2 Å². The first-order chi connectivity index (χ1) is 19.2. The van der Waals surface area contributed by atoms with Crippen LogP contribution in [0.5, 0.6) is 11.5 Å². The number of benzene rings is 4. The normalized spacial score (nSPS) is 23.8. The molecule has 0 bridgehead atoms. The van der Waals surface area contributed by atoms with Crippen LogP contribution in [0.4, 0.5) is 11.4 Å². The Morgan fingerprint density at radius 1 is 0.600 bits per heavy atom. The van der Waals surface area contributed by atoms with Crippen LogP contribution in [0.15, 0.2) is 84.9 Å². The lowest BCUT2D eigenvalue weighted by atomic mass is 10.1. The van der Waals surface area contributed by atoms with Crippen molar-refractivity contribution in [3.8, 4) is 11.5 Å². The van der Waals surface area contributed by atoms with Gasteiger partial charge in [-0.25, -0.2) is 18.5 Å². The van der Waals surface area contributed by atoms with Crippen LogP contribution >= 0.6 is 15.3 Å². The Morgan fingerprint density at radius 2 is 0.975 bits per heavy atom. The SMILES string of the molecule is CN1c2ccccc2C(=O)N2CCN3C(=O)c4ccccc4N(C)P3(=O)Oc3cc4ccccc4cc3OP21=O. The summed E-state index contributed by atoms with van der Waals surface area (Å²) in [5.41, 5.74) is 1.62. The van der Waals surface area contributed by atoms with Gasteiger partial charge in [0.25, 0.3) is 11.8 Å². The Balaban J connectivity index is 1.48. The average Bonchev–Trinajstić information content (AvgIpc) is 2.96. The maximum absolute atomic E-state index is 14.8. The van der Waals surface area contributed by atoms with Crippen LogP contribution in [-0.4, -0.2) is 48.3 Å². The van der Waals surface area contributed by atoms with Crippen LogP contribution in [0.2, 0.25) is 0 Å². The van der Waals surface area contributed by atoms with E-state index in [9.17, 15) is 18.7 Å². The van der Waals surface area contributed by atoms with Crippen LogP contribution in [-0.2, 0) is 9.13 Å². The summed E-state index contributed by atoms with van der Waals surface area (Å²) in [6, 6.07) is 24.4. The van der Waals surface area contributed by atoms with Gasteiger partial charge in [-0.15, -0.1) is 0 Å². The van der Waals surface area contributed by atoms with Crippen LogP contribution in [0.3, 0.4) is 0 Å². The highest BCUT2D eigenvalue weighted by atomic mass is 31.2. The third-order valence-corrected chi connectivity index (χ3v) is 12.4. The Hall–Kier alpha value is -4.26. The number of amides is 2. The highest BCUT2D eigenvalue weighted by Crippen LogP contribution is 2.65. The number of rotatable bonds is 0. The molecule has 0 aromatic heterocycles. The predicted octanol–water partition coefficient (Wildman–Crippen LogP) is 6.01. The third-order valence-electron chi connectivity index (χ3n) is 7.57. The van der Waals surface area contributed by atoms with E-state index in [4.69, 9.17) is 9.05 Å². The standard InChI is InChI=1S/C28H24N4O6P2/c1-29-23-13-7-5-11-21(23)27(33)31-15-16-32-28(34)22-12-6-8-14-24(22)30(2)40(32,36)38-26-18-20-10-4-3-9-19(20)17-25(26)37-39(29,31)35/h3-14,17-18H,15-16H2,1-2H3. The monoisotopic (exact) mass is 574 g/mol. The van der Waals surface area contributed by atoms with Gasteiger partial charge in [-0.3, -0.25) is 18.9 Å². The number of fused-ring (bicyclic) bond motifs is 6. The molecule has 4 aromatic rings. The van der Waals surface area contributed by atoms with Crippen molar-refractivity contribution >= 4 is 49.3 Å². The minimum Gasteiger partial charge on any atom is -0.410 e. The van der Waals surface area contributed by atoms with Crippen LogP contribution in [0.25, 0.3) is 10.8 Å². The zero-order valence-electron chi connectivity index (χ0n) is 21.6. The van der Waals surface area contributed by atoms with Crippen LogP contribution in [0.1, 0.15) is 20.7 Å². The highest BCUT2D eigenvalue weighted by molar-refractivity contribution is 7.60. The number of carbonyl (C=O) groups is 2. The van der Waals surface area contributed by atoms with E-state index in [1.165, 1.54) is 9.34 Å². The summed E-state index contributed by atoms with van der Waals surface area (Å²) in [4.78, 5) is 27.6. The number of hydrogen-bond acceptors (Lipinski definition) is 6. The van der Waals surface area contributed by atoms with Gasteiger partial charge in [-0.1, -0.05) is 48.5 Å². The summed E-state index contributed by atoms with van der Waals surface area (Å²) >= 11 is 0. The molecule has 0 radical (unpaired) electrons. The molecule has 0 N–H and O–H groups in total. The fraction of sp³-hybridized carbons (Fsp3) is 0.143. The zero-order chi connectivity index (χ0) is 27.8. The Bertz CT molecular complexity index is 1710. The molecule has 3 heterocycles. The lowest BCUT2D eigenvalue weighted by molar-refractivity contribution is 0.0781. The van der Waals surface area contributed by atoms with Crippen LogP contribution < -0.4 is 18.4 Å². The smallest absolute Gasteiger partial charge is 0.410 e. The summed E-state index contributed by atoms with van der Waals surface area (Å²) in [6.45, 7) is -0.403. The number of anilines is 2. The molecule has 4 aromatic carbocycles. The van der Waals surface area contributed by atoms with Gasteiger partial charge >= 0.3 is 15.3 Å². The molecule has 0 fully saturated rings. The highest BCUT2D eigenvalue weighted by Gasteiger charge is 2.53. The van der Waals surface area contributed by atoms with E-state index in [0.717, 1.165) is 20.1 Å². The predicted molar refractivity (Wildman–Crippen MR) is 152 cm³/mol. The maximum Gasteiger partial charge on any atom is 0.451 e. The molecule has 2 atom stereocenters. The van der Waals surface area contributed by atoms with Gasteiger partial charge in [0.05, 0.1) is 35.6 Å². The van der Waals surface area contributed by atoms with Gasteiger partial charge in [0.1, 0.15) is 0 Å². The lowest BCUT2D eigenvalue weighted by Gasteiger charge is -2.45. The lowest BCUT2D eigenvalue weighted by Crippen LogP contribution is -2.48. The summed E-state index contributed by atoms with van der Waals surface area (Å²) in [7, 11) is -4.99. The van der Waals surface area contributed by atoms with Crippen molar-refractivity contribution in [3.63, 3.8) is 0 Å². The quantitative estimate of drug-likeness (QED) is 0.236. The van der Waals surface area contributed by atoms with Crippen molar-refractivity contribution in [2.45, 2.75) is 0 Å². The fourth-order valence-corrected chi connectivity index (χ4v) is 9.58. The number of carbonyl (C=O) groups excluding carboxylic acids is 2. The molecule has 10 nitrogen and oxygen atoms in total. The second-order valence-electron chi connectivity index (χ2n) is 9.75. The molecule has 7 rings (SSSR count). The summed E-state index contributed by atoms with van der Waals surface area (Å²) < 4.78 is 47.4. The molecular formula is C28H24N4O6P2. The Kier molecular flexibility index (Phi) is 5.33. The molecule has 40 heavy (non-hydrogen) atoms. The molecule has 3 aliphatic heterocycles. The van der Waals surface area contributed by atoms with E-state index in [-0.39, 0.29) is 24.6 Å². The first kappa shape index (κ1) is 24.8. The van der Waals surface area contributed by atoms with E-state index in [1.807, 2.05) is 24.3 Å². The number of para-hydroxylation sites is 2. The maximum atomic E-state index is 14.8. The molecule has 0 aliphatic carbocycles. The average molecular weight is 574 g/mol. The first-order valence-electron chi connectivity index (χ1n) is 12.7. The molecular weight excluding hydrogens is 550 g/mol. The molecule has 2 amide bonds. The molecule has 0 spiro atoms. The van der Waals surface area contributed by atoms with E-state index >= 15 is 0 Å². The minimum atomic E-state index is -4.10. The van der Waals surface area contributed by atoms with Crippen molar-refractivity contribution < 1.29 is 27.8 Å². The van der Waals surface area contributed by atoms with Gasteiger partial charge in [0, 0.05) is 14.1 Å². The minimum absolute atomic E-state index is 0.0443. The fourth-order valence-electron chi connectivity index (χ4n) is 5.44. The summed E-state index contributed by atoms with van der Waals surface area (Å²) in [5, 5.41) is 1.53. The van der Waals surface area contributed by atoms with E-state index in [0.29, 0.717) is 22.5 Å². The van der Waals surface area contributed by atoms with Gasteiger partial charge in [-0.05, 0) is 47.2 Å². The Morgan fingerprint density at radius 3 is 1.40 bits per heavy atom. The van der Waals surface area contributed by atoms with Crippen LogP contribution in [0, 0.1) is 0 Å². The second-order valence-corrected chi connectivity index (χ2v) is 14.2. The van der Waals surface area contributed by atoms with Gasteiger partial charge in [0.15, 0.2) is 11.5 Å². The van der Waals surface area contributed by atoms with Crippen molar-refractivity contribution in [2.24, 2.45) is 0 Å². The van der Waals surface area contributed by atoms with Crippen molar-refractivity contribution in [1.29, 1.82) is 0 Å². The van der Waals surface area contributed by atoms with Gasteiger partial charge in [0.2, 0.25) is 0 Å². The molecule has 2 unspecified atom stereocenters. The largest absolute Gasteiger partial charge is 0.451 e. The number of nitrogens with zero attached hydrogens (tertiary/aromatic N) is 4. The van der Waals surface area contributed by atoms with Crippen molar-refractivity contribution in [2.75, 3.05) is 36.5 Å². The van der Waals surface area contributed by atoms with E-state index in [1.54, 1.807) is 74.8 Å². The molecule has 202 valence electrons. The van der Waals surface area contributed by atoms with Gasteiger partial charge < -0.3 is 9.05 Å². The molecule has 0 saturated heterocycles. The topological polar surface area (TPSA) is 99.7 Å². The van der Waals surface area contributed by atoms with E-state index in [2.05, 4.69) is 0 Å². The second kappa shape index (κ2) is 8.62. The third kappa shape index (κ3) is 3.36. The first-order valence-corrected chi connectivity index (χ1v) is 15.7. The van der Waals surface area contributed by atoms with Gasteiger partial charge in [-0.2, -0.15) is 0 Å². The molecule has 12 heteroatoms. The molecule has 3 aliphatic rings.